The van der Waals surface area contributed by atoms with Crippen LogP contribution in [-0.4, -0.2) is 29.0 Å². The monoisotopic (exact) mass is 477 g/mol. The number of carbonyl (C=O) groups excluding carboxylic acids is 1. The van der Waals surface area contributed by atoms with Gasteiger partial charge in [-0.05, 0) is 30.3 Å². The molecule has 4 aromatic rings. The Morgan fingerprint density at radius 1 is 1.00 bits per heavy atom. The van der Waals surface area contributed by atoms with Crippen LogP contribution in [0.3, 0.4) is 0 Å². The zero-order valence-electron chi connectivity index (χ0n) is 17.7. The Morgan fingerprint density at radius 2 is 1.74 bits per heavy atom. The molecule has 0 unspecified atom stereocenters. The minimum Gasteiger partial charge on any atom is -0.348 e. The normalized spacial score (nSPS) is 11.1. The van der Waals surface area contributed by atoms with Gasteiger partial charge < -0.3 is 5.32 Å². The maximum absolute atomic E-state index is 12.8. The zero-order valence-corrected chi connectivity index (χ0v) is 18.5. The molecule has 1 amide bonds. The fourth-order valence-electron chi connectivity index (χ4n) is 3.19. The molecule has 1 heterocycles. The van der Waals surface area contributed by atoms with Crippen molar-refractivity contribution in [2.75, 3.05) is 4.72 Å². The van der Waals surface area contributed by atoms with Crippen LogP contribution in [0.15, 0.2) is 96.2 Å². The molecular formula is C23H19N5O5S. The maximum Gasteiger partial charge on any atom is 0.270 e. The fourth-order valence-corrected chi connectivity index (χ4v) is 4.31. The molecule has 0 aliphatic heterocycles. The van der Waals surface area contributed by atoms with Gasteiger partial charge in [-0.3, -0.25) is 19.6 Å². The molecule has 11 heteroatoms. The van der Waals surface area contributed by atoms with Gasteiger partial charge in [0.15, 0.2) is 0 Å². The Hall–Kier alpha value is -4.51. The second-order valence-electron chi connectivity index (χ2n) is 7.22. The molecule has 10 nitrogen and oxygen atoms in total. The third-order valence-electron chi connectivity index (χ3n) is 4.86. The van der Waals surface area contributed by atoms with Crippen LogP contribution >= 0.6 is 0 Å². The molecule has 4 rings (SSSR count). The molecule has 3 aromatic carbocycles. The van der Waals surface area contributed by atoms with Crippen molar-refractivity contribution in [3.05, 3.63) is 112 Å². The van der Waals surface area contributed by atoms with Crippen molar-refractivity contribution in [1.29, 1.82) is 0 Å². The quantitative estimate of drug-likeness (QED) is 0.294. The average molecular weight is 478 g/mol. The highest BCUT2D eigenvalue weighted by atomic mass is 32.2. The zero-order chi connectivity index (χ0) is 24.1. The lowest BCUT2D eigenvalue weighted by Gasteiger charge is -2.12. The first-order valence-corrected chi connectivity index (χ1v) is 11.6. The van der Waals surface area contributed by atoms with Gasteiger partial charge in [-0.15, -0.1) is 0 Å². The Morgan fingerprint density at radius 3 is 2.50 bits per heavy atom. The number of amides is 1. The molecule has 1 aromatic heterocycles. The van der Waals surface area contributed by atoms with E-state index in [-0.39, 0.29) is 28.4 Å². The molecular weight excluding hydrogens is 458 g/mol. The first-order chi connectivity index (χ1) is 16.3. The minimum atomic E-state index is -4.17. The number of hydrogen-bond donors (Lipinski definition) is 2. The SMILES string of the molecule is O=C(NCc1cnn(-c2ccccc2)c1)c1ccccc1NS(=O)(=O)c1cccc([N+](=O)[O-])c1. The number of benzene rings is 3. The van der Waals surface area contributed by atoms with Gasteiger partial charge in [0.2, 0.25) is 0 Å². The highest BCUT2D eigenvalue weighted by Gasteiger charge is 2.21. The van der Waals surface area contributed by atoms with Gasteiger partial charge in [0.25, 0.3) is 21.6 Å². The van der Waals surface area contributed by atoms with E-state index >= 15 is 0 Å². The van der Waals surface area contributed by atoms with E-state index in [1.807, 2.05) is 30.3 Å². The van der Waals surface area contributed by atoms with E-state index in [9.17, 15) is 23.3 Å². The Bertz CT molecular complexity index is 1450. The lowest BCUT2D eigenvalue weighted by Crippen LogP contribution is -2.24. The smallest absolute Gasteiger partial charge is 0.270 e. The van der Waals surface area contributed by atoms with Gasteiger partial charge in [0.05, 0.1) is 33.0 Å². The number of rotatable bonds is 8. The van der Waals surface area contributed by atoms with Gasteiger partial charge >= 0.3 is 0 Å². The Kier molecular flexibility index (Phi) is 6.37. The van der Waals surface area contributed by atoms with Gasteiger partial charge in [0, 0.05) is 30.4 Å². The van der Waals surface area contributed by atoms with Crippen LogP contribution in [0.5, 0.6) is 0 Å². The van der Waals surface area contributed by atoms with Crippen LogP contribution in [0.4, 0.5) is 11.4 Å². The number of para-hydroxylation sites is 2. The standard InChI is InChI=1S/C23H19N5O5S/c29-23(24-14-17-15-25-27(16-17)18-7-2-1-3-8-18)21-11-4-5-12-22(21)26-34(32,33)20-10-6-9-19(13-20)28(30)31/h1-13,15-16,26H,14H2,(H,24,29). The lowest BCUT2D eigenvalue weighted by molar-refractivity contribution is -0.385. The molecule has 2 N–H and O–H groups in total. The topological polar surface area (TPSA) is 136 Å². The van der Waals surface area contributed by atoms with Crippen molar-refractivity contribution in [2.24, 2.45) is 0 Å². The molecule has 0 aliphatic carbocycles. The van der Waals surface area contributed by atoms with E-state index in [1.165, 1.54) is 30.3 Å². The van der Waals surface area contributed by atoms with Crippen LogP contribution in [0, 0.1) is 10.1 Å². The Labute approximate surface area is 195 Å². The van der Waals surface area contributed by atoms with Crippen molar-refractivity contribution in [3.8, 4) is 5.69 Å². The summed E-state index contributed by atoms with van der Waals surface area (Å²) in [4.78, 5) is 22.8. The molecule has 34 heavy (non-hydrogen) atoms. The van der Waals surface area contributed by atoms with E-state index in [4.69, 9.17) is 0 Å². The van der Waals surface area contributed by atoms with Gasteiger partial charge in [0.1, 0.15) is 0 Å². The van der Waals surface area contributed by atoms with E-state index in [0.29, 0.717) is 0 Å². The van der Waals surface area contributed by atoms with E-state index in [2.05, 4.69) is 15.1 Å². The summed E-state index contributed by atoms with van der Waals surface area (Å²) in [6.45, 7) is 0.178. The third kappa shape index (κ3) is 5.10. The number of anilines is 1. The molecule has 0 atom stereocenters. The van der Waals surface area contributed by atoms with Crippen molar-refractivity contribution in [2.45, 2.75) is 11.4 Å². The number of non-ortho nitro benzene ring substituents is 1. The van der Waals surface area contributed by atoms with Crippen molar-refractivity contribution in [1.82, 2.24) is 15.1 Å². The van der Waals surface area contributed by atoms with Gasteiger partial charge in [-0.2, -0.15) is 5.10 Å². The summed E-state index contributed by atoms with van der Waals surface area (Å²) in [5.74, 6) is -0.496. The number of nitro groups is 1. The maximum atomic E-state index is 12.8. The molecule has 0 saturated heterocycles. The van der Waals surface area contributed by atoms with Gasteiger partial charge in [-0.1, -0.05) is 36.4 Å². The third-order valence-corrected chi connectivity index (χ3v) is 6.23. The van der Waals surface area contributed by atoms with Crippen LogP contribution in [0.1, 0.15) is 15.9 Å². The first kappa shape index (κ1) is 22.7. The number of nitrogens with zero attached hydrogens (tertiary/aromatic N) is 3. The number of hydrogen-bond acceptors (Lipinski definition) is 6. The molecule has 0 aliphatic rings. The molecule has 0 saturated carbocycles. The molecule has 172 valence electrons. The number of carbonyl (C=O) groups is 1. The summed E-state index contributed by atoms with van der Waals surface area (Å²) >= 11 is 0. The summed E-state index contributed by atoms with van der Waals surface area (Å²) in [6, 6.07) is 20.3. The predicted molar refractivity (Wildman–Crippen MR) is 125 cm³/mol. The van der Waals surface area contributed by atoms with E-state index in [1.54, 1.807) is 29.2 Å². The molecule has 0 bridgehead atoms. The molecule has 0 spiro atoms. The van der Waals surface area contributed by atoms with Crippen LogP contribution in [-0.2, 0) is 16.6 Å². The largest absolute Gasteiger partial charge is 0.348 e. The average Bonchev–Trinajstić information content (AvgIpc) is 3.32. The van der Waals surface area contributed by atoms with Crippen LogP contribution in [0.2, 0.25) is 0 Å². The lowest BCUT2D eigenvalue weighted by atomic mass is 10.1. The Balaban J connectivity index is 1.49. The predicted octanol–water partition coefficient (Wildman–Crippen LogP) is 3.51. The number of aromatic nitrogens is 2. The summed E-state index contributed by atoms with van der Waals surface area (Å²) in [5, 5.41) is 18.0. The summed E-state index contributed by atoms with van der Waals surface area (Å²) in [7, 11) is -4.17. The highest BCUT2D eigenvalue weighted by molar-refractivity contribution is 7.92. The summed E-state index contributed by atoms with van der Waals surface area (Å²) < 4.78 is 29.6. The van der Waals surface area contributed by atoms with Crippen molar-refractivity contribution >= 4 is 27.3 Å². The summed E-state index contributed by atoms with van der Waals surface area (Å²) in [5.41, 5.74) is 1.43. The minimum absolute atomic E-state index is 0.0477. The molecule has 0 radical (unpaired) electrons. The number of sulfonamides is 1. The van der Waals surface area contributed by atoms with Crippen molar-refractivity contribution < 1.29 is 18.1 Å². The molecule has 0 fully saturated rings. The van der Waals surface area contributed by atoms with Crippen molar-refractivity contribution in [3.63, 3.8) is 0 Å². The summed E-state index contributed by atoms with van der Waals surface area (Å²) in [6.07, 6.45) is 3.41. The van der Waals surface area contributed by atoms with E-state index < -0.39 is 20.9 Å². The fraction of sp³-hybridized carbons (Fsp3) is 0.0435. The second-order valence-corrected chi connectivity index (χ2v) is 8.90. The number of nitro benzene ring substituents is 1. The van der Waals surface area contributed by atoms with Crippen LogP contribution < -0.4 is 10.0 Å². The van der Waals surface area contributed by atoms with Crippen LogP contribution in [0.25, 0.3) is 5.69 Å². The first-order valence-electron chi connectivity index (χ1n) is 10.1. The van der Waals surface area contributed by atoms with Gasteiger partial charge in [-0.25, -0.2) is 13.1 Å². The highest BCUT2D eigenvalue weighted by Crippen LogP contribution is 2.23. The van der Waals surface area contributed by atoms with E-state index in [0.717, 1.165) is 17.3 Å². The number of nitrogens with one attached hydrogen (secondary N) is 2. The second kappa shape index (κ2) is 9.55.